The maximum atomic E-state index is 12.8. The Hall–Kier alpha value is -3.41. The average molecular weight is 863 g/mol. The van der Waals surface area contributed by atoms with Crippen molar-refractivity contribution in [3.8, 4) is 0 Å². The van der Waals surface area contributed by atoms with E-state index in [1.54, 1.807) is 6.08 Å². The number of unbranched alkanes of at least 4 members (excludes halogenated alkanes) is 21. The van der Waals surface area contributed by atoms with Crippen molar-refractivity contribution in [3.05, 3.63) is 85.1 Å². The van der Waals surface area contributed by atoms with Crippen LogP contribution in [-0.4, -0.2) is 37.2 Å². The molecule has 0 aromatic heterocycles. The molecule has 1 atom stereocenters. The van der Waals surface area contributed by atoms with Crippen molar-refractivity contribution in [1.82, 2.24) is 0 Å². The number of rotatable bonds is 45. The minimum absolute atomic E-state index is 0.114. The Morgan fingerprint density at radius 2 is 0.694 bits per heavy atom. The molecule has 0 aromatic carbocycles. The van der Waals surface area contributed by atoms with Crippen molar-refractivity contribution in [3.63, 3.8) is 0 Å². The van der Waals surface area contributed by atoms with Crippen LogP contribution in [0.25, 0.3) is 0 Å². The van der Waals surface area contributed by atoms with Gasteiger partial charge in [0.2, 0.25) is 0 Å². The Kier molecular flexibility index (Phi) is 47.5. The van der Waals surface area contributed by atoms with Crippen LogP contribution in [-0.2, 0) is 28.6 Å². The molecule has 62 heavy (non-hydrogen) atoms. The Morgan fingerprint density at radius 1 is 0.355 bits per heavy atom. The van der Waals surface area contributed by atoms with Gasteiger partial charge in [-0.05, 0) is 96.3 Å². The van der Waals surface area contributed by atoms with Crippen LogP contribution in [0.15, 0.2) is 85.1 Å². The van der Waals surface area contributed by atoms with Crippen LogP contribution in [0.5, 0.6) is 0 Å². The summed E-state index contributed by atoms with van der Waals surface area (Å²) in [6, 6.07) is 0. The van der Waals surface area contributed by atoms with Crippen LogP contribution >= 0.6 is 0 Å². The van der Waals surface area contributed by atoms with Gasteiger partial charge in [0, 0.05) is 12.8 Å². The second kappa shape index (κ2) is 50.2. The predicted octanol–water partition coefficient (Wildman–Crippen LogP) is 16.8. The number of ether oxygens (including phenoxy) is 3. The molecule has 6 heteroatoms. The zero-order valence-electron chi connectivity index (χ0n) is 40.4. The summed E-state index contributed by atoms with van der Waals surface area (Å²) in [5, 5.41) is 0. The van der Waals surface area contributed by atoms with Crippen molar-refractivity contribution in [2.75, 3.05) is 13.2 Å². The molecule has 0 rings (SSSR count). The first-order valence-electron chi connectivity index (χ1n) is 25.6. The van der Waals surface area contributed by atoms with Gasteiger partial charge in [0.1, 0.15) is 13.2 Å². The molecule has 0 spiro atoms. The van der Waals surface area contributed by atoms with E-state index in [9.17, 15) is 14.4 Å². The summed E-state index contributed by atoms with van der Waals surface area (Å²) in [6.07, 6.45) is 64.4. The highest BCUT2D eigenvalue weighted by molar-refractivity contribution is 5.72. The van der Waals surface area contributed by atoms with Crippen molar-refractivity contribution in [2.45, 2.75) is 239 Å². The van der Waals surface area contributed by atoms with Crippen molar-refractivity contribution < 1.29 is 28.6 Å². The molecule has 0 saturated heterocycles. The van der Waals surface area contributed by atoms with E-state index in [-0.39, 0.29) is 31.6 Å². The molecule has 0 N–H and O–H groups in total. The van der Waals surface area contributed by atoms with Crippen LogP contribution in [0.2, 0.25) is 0 Å². The van der Waals surface area contributed by atoms with Crippen LogP contribution in [0, 0.1) is 0 Å². The molecule has 0 fully saturated rings. The zero-order chi connectivity index (χ0) is 45.1. The Bertz CT molecular complexity index is 1220. The molecule has 0 aliphatic rings. The van der Waals surface area contributed by atoms with Crippen LogP contribution in [0.1, 0.15) is 233 Å². The van der Waals surface area contributed by atoms with Gasteiger partial charge in [-0.15, -0.1) is 0 Å². The summed E-state index contributed by atoms with van der Waals surface area (Å²) in [7, 11) is 0. The SMILES string of the molecule is CC/C=C\C/C=C\C/C=C\C/C=C\C/C=C\CC(=O)OCC(COC(=O)CCCCCCC/C=C\CCCCCCC)OC(=O)CCCCCCC/C=C\CCCCCCCC. The summed E-state index contributed by atoms with van der Waals surface area (Å²) >= 11 is 0. The van der Waals surface area contributed by atoms with Gasteiger partial charge in [0.05, 0.1) is 6.42 Å². The second-order valence-electron chi connectivity index (χ2n) is 16.7. The maximum Gasteiger partial charge on any atom is 0.309 e. The van der Waals surface area contributed by atoms with Crippen LogP contribution in [0.4, 0.5) is 0 Å². The van der Waals surface area contributed by atoms with E-state index in [2.05, 4.69) is 93.7 Å². The standard InChI is InChI=1S/C56H94O6/c1-4-7-10-13-16-19-22-25-28-31-34-37-40-43-46-49-55(58)61-52-53(51-60-54(57)48-45-42-39-36-33-30-27-24-21-18-15-12-9-6-3)62-56(59)50-47-44-41-38-35-32-29-26-23-20-17-14-11-8-5-2/h7,10,16,19,24-29,34,37,43,46,53H,4-6,8-9,11-15,17-18,20-23,30-33,35-36,38-42,44-45,47-52H2,1-3H3/b10-7-,19-16-,27-24-,28-25-,29-26-,37-34-,46-43-. The highest BCUT2D eigenvalue weighted by Gasteiger charge is 2.19. The van der Waals surface area contributed by atoms with E-state index in [1.165, 1.54) is 96.3 Å². The van der Waals surface area contributed by atoms with Gasteiger partial charge in [-0.3, -0.25) is 14.4 Å². The lowest BCUT2D eigenvalue weighted by Gasteiger charge is -2.18. The normalized spacial score (nSPS) is 12.8. The molecule has 0 saturated carbocycles. The summed E-state index contributed by atoms with van der Waals surface area (Å²) in [5.41, 5.74) is 0. The van der Waals surface area contributed by atoms with Gasteiger partial charge < -0.3 is 14.2 Å². The fourth-order valence-corrected chi connectivity index (χ4v) is 6.80. The smallest absolute Gasteiger partial charge is 0.309 e. The molecular weight excluding hydrogens is 769 g/mol. The van der Waals surface area contributed by atoms with Crippen LogP contribution < -0.4 is 0 Å². The zero-order valence-corrected chi connectivity index (χ0v) is 40.4. The summed E-state index contributed by atoms with van der Waals surface area (Å²) in [4.78, 5) is 37.9. The molecule has 1 unspecified atom stereocenters. The van der Waals surface area contributed by atoms with Gasteiger partial charge >= 0.3 is 17.9 Å². The molecule has 0 radical (unpaired) electrons. The number of hydrogen-bond donors (Lipinski definition) is 0. The van der Waals surface area contributed by atoms with Gasteiger partial charge in [-0.1, -0.05) is 202 Å². The molecule has 0 amide bonds. The predicted molar refractivity (Wildman–Crippen MR) is 265 cm³/mol. The average Bonchev–Trinajstić information content (AvgIpc) is 3.27. The number of hydrogen-bond acceptors (Lipinski definition) is 6. The van der Waals surface area contributed by atoms with E-state index >= 15 is 0 Å². The summed E-state index contributed by atoms with van der Waals surface area (Å²) in [6.45, 7) is 6.40. The molecule has 0 aliphatic carbocycles. The second-order valence-corrected chi connectivity index (χ2v) is 16.7. The van der Waals surface area contributed by atoms with Gasteiger partial charge in [-0.25, -0.2) is 0 Å². The van der Waals surface area contributed by atoms with Crippen LogP contribution in [0.3, 0.4) is 0 Å². The van der Waals surface area contributed by atoms with Crippen molar-refractivity contribution in [2.24, 2.45) is 0 Å². The quantitative estimate of drug-likeness (QED) is 0.0263. The topological polar surface area (TPSA) is 78.9 Å². The first-order chi connectivity index (χ1) is 30.5. The van der Waals surface area contributed by atoms with Gasteiger partial charge in [-0.2, -0.15) is 0 Å². The van der Waals surface area contributed by atoms with E-state index in [0.29, 0.717) is 12.8 Å². The Labute approximate surface area is 382 Å². The lowest BCUT2D eigenvalue weighted by molar-refractivity contribution is -0.166. The molecule has 0 heterocycles. The molecule has 0 bridgehead atoms. The minimum atomic E-state index is -0.823. The third-order valence-electron chi connectivity index (χ3n) is 10.6. The monoisotopic (exact) mass is 863 g/mol. The third kappa shape index (κ3) is 47.6. The number of allylic oxidation sites excluding steroid dienone is 13. The number of carbonyl (C=O) groups excluding carboxylic acids is 3. The fourth-order valence-electron chi connectivity index (χ4n) is 6.80. The summed E-state index contributed by atoms with van der Waals surface area (Å²) in [5.74, 6) is -1.07. The third-order valence-corrected chi connectivity index (χ3v) is 10.6. The van der Waals surface area contributed by atoms with E-state index in [4.69, 9.17) is 14.2 Å². The first kappa shape index (κ1) is 58.6. The first-order valence-corrected chi connectivity index (χ1v) is 25.6. The lowest BCUT2D eigenvalue weighted by atomic mass is 10.1. The van der Waals surface area contributed by atoms with E-state index < -0.39 is 12.1 Å². The lowest BCUT2D eigenvalue weighted by Crippen LogP contribution is -2.30. The Balaban J connectivity index is 4.53. The Morgan fingerprint density at radius 3 is 1.11 bits per heavy atom. The maximum absolute atomic E-state index is 12.8. The van der Waals surface area contributed by atoms with Gasteiger partial charge in [0.15, 0.2) is 6.10 Å². The molecule has 0 aromatic rings. The highest BCUT2D eigenvalue weighted by Crippen LogP contribution is 2.13. The fraction of sp³-hybridized carbons (Fsp3) is 0.696. The number of esters is 3. The molecular formula is C56H94O6. The number of carbonyl (C=O) groups is 3. The minimum Gasteiger partial charge on any atom is -0.462 e. The molecule has 354 valence electrons. The van der Waals surface area contributed by atoms with Gasteiger partial charge in [0.25, 0.3) is 0 Å². The highest BCUT2D eigenvalue weighted by atomic mass is 16.6. The molecule has 0 aliphatic heterocycles. The van der Waals surface area contributed by atoms with E-state index in [1.807, 2.05) is 6.08 Å². The van der Waals surface area contributed by atoms with Crippen molar-refractivity contribution >= 4 is 17.9 Å². The summed E-state index contributed by atoms with van der Waals surface area (Å²) < 4.78 is 16.7. The van der Waals surface area contributed by atoms with Crippen molar-refractivity contribution in [1.29, 1.82) is 0 Å². The largest absolute Gasteiger partial charge is 0.462 e. The van der Waals surface area contributed by atoms with E-state index in [0.717, 1.165) is 96.3 Å². The molecule has 6 nitrogen and oxygen atoms in total.